The first-order valence-corrected chi connectivity index (χ1v) is 8.48. The molecule has 0 unspecified atom stereocenters. The quantitative estimate of drug-likeness (QED) is 0.774. The number of anilines is 1. The number of benzene rings is 1. The van der Waals surface area contributed by atoms with Gasteiger partial charge in [-0.05, 0) is 18.2 Å². The Morgan fingerprint density at radius 2 is 1.96 bits per heavy atom. The summed E-state index contributed by atoms with van der Waals surface area (Å²) >= 11 is 5.98. The van der Waals surface area contributed by atoms with Crippen molar-refractivity contribution in [2.75, 3.05) is 31.7 Å². The number of hydrogen-bond acceptors (Lipinski definition) is 6. The maximum absolute atomic E-state index is 5.98. The van der Waals surface area contributed by atoms with Crippen LogP contribution in [-0.2, 0) is 9.47 Å². The maximum atomic E-state index is 5.98. The van der Waals surface area contributed by atoms with Gasteiger partial charge in [-0.3, -0.25) is 4.98 Å². The maximum Gasteiger partial charge on any atom is 0.158 e. The molecule has 1 atom stereocenters. The first-order chi connectivity index (χ1) is 12.3. The van der Waals surface area contributed by atoms with E-state index in [4.69, 9.17) is 21.1 Å². The van der Waals surface area contributed by atoms with Crippen LogP contribution in [0.5, 0.6) is 0 Å². The van der Waals surface area contributed by atoms with Crippen LogP contribution in [0.25, 0.3) is 22.0 Å². The number of hydrogen-bond donors (Lipinski definition) is 1. The Hall–Kier alpha value is -2.28. The van der Waals surface area contributed by atoms with Gasteiger partial charge in [0.05, 0.1) is 25.9 Å². The summed E-state index contributed by atoms with van der Waals surface area (Å²) in [5.74, 6) is 0.690. The highest BCUT2D eigenvalue weighted by Crippen LogP contribution is 2.29. The monoisotopic (exact) mass is 356 g/mol. The summed E-state index contributed by atoms with van der Waals surface area (Å²) in [4.78, 5) is 4.23. The summed E-state index contributed by atoms with van der Waals surface area (Å²) in [6, 6.07) is 9.51. The number of rotatable bonds is 4. The molecule has 0 spiro atoms. The van der Waals surface area contributed by atoms with Crippen LogP contribution in [0.1, 0.15) is 0 Å². The largest absolute Gasteiger partial charge is 0.376 e. The van der Waals surface area contributed by atoms with E-state index in [2.05, 4.69) is 20.5 Å². The Bertz CT molecular complexity index is 867. The normalized spacial score (nSPS) is 17.6. The second-order valence-electron chi connectivity index (χ2n) is 5.77. The Morgan fingerprint density at radius 1 is 1.08 bits per heavy atom. The molecule has 4 rings (SSSR count). The zero-order valence-electron chi connectivity index (χ0n) is 13.5. The van der Waals surface area contributed by atoms with Crippen LogP contribution in [-0.4, -0.2) is 47.7 Å². The molecule has 1 N–H and O–H groups in total. The highest BCUT2D eigenvalue weighted by molar-refractivity contribution is 6.30. The van der Waals surface area contributed by atoms with Crippen LogP contribution in [0.15, 0.2) is 42.7 Å². The summed E-state index contributed by atoms with van der Waals surface area (Å²) in [6.07, 6.45) is 3.56. The van der Waals surface area contributed by atoms with Gasteiger partial charge in [0, 0.05) is 40.3 Å². The lowest BCUT2D eigenvalue weighted by Gasteiger charge is -2.23. The molecule has 25 heavy (non-hydrogen) atoms. The van der Waals surface area contributed by atoms with Crippen molar-refractivity contribution in [3.8, 4) is 11.3 Å². The van der Waals surface area contributed by atoms with Crippen LogP contribution in [0.4, 0.5) is 5.82 Å². The summed E-state index contributed by atoms with van der Waals surface area (Å²) < 4.78 is 11.1. The molecule has 0 saturated carbocycles. The van der Waals surface area contributed by atoms with E-state index >= 15 is 0 Å². The molecule has 0 amide bonds. The second kappa shape index (κ2) is 7.31. The minimum Gasteiger partial charge on any atom is -0.376 e. The number of halogens is 1. The van der Waals surface area contributed by atoms with Gasteiger partial charge in [-0.2, -0.15) is 0 Å². The molecule has 0 aliphatic carbocycles. The average Bonchev–Trinajstić information content (AvgIpc) is 2.68. The third-order valence-corrected chi connectivity index (χ3v) is 4.33. The summed E-state index contributed by atoms with van der Waals surface area (Å²) in [5.41, 5.74) is 1.76. The first-order valence-electron chi connectivity index (χ1n) is 8.11. The summed E-state index contributed by atoms with van der Waals surface area (Å²) in [7, 11) is 0. The smallest absolute Gasteiger partial charge is 0.158 e. The van der Waals surface area contributed by atoms with Crippen molar-refractivity contribution in [2.45, 2.75) is 6.10 Å². The molecule has 1 aromatic carbocycles. The van der Waals surface area contributed by atoms with Crippen LogP contribution < -0.4 is 5.32 Å². The van der Waals surface area contributed by atoms with Crippen molar-refractivity contribution in [1.82, 2.24) is 15.2 Å². The van der Waals surface area contributed by atoms with E-state index in [0.29, 0.717) is 37.2 Å². The second-order valence-corrected chi connectivity index (χ2v) is 6.21. The fourth-order valence-electron chi connectivity index (χ4n) is 2.81. The van der Waals surface area contributed by atoms with Gasteiger partial charge in [0.2, 0.25) is 0 Å². The lowest BCUT2D eigenvalue weighted by Crippen LogP contribution is -2.34. The molecule has 7 heteroatoms. The Morgan fingerprint density at radius 3 is 2.76 bits per heavy atom. The average molecular weight is 357 g/mol. The lowest BCUT2D eigenvalue weighted by atomic mass is 10.1. The minimum atomic E-state index is 0.0122. The fraction of sp³-hybridized carbons (Fsp3) is 0.278. The van der Waals surface area contributed by atoms with Crippen molar-refractivity contribution in [2.24, 2.45) is 0 Å². The molecule has 0 radical (unpaired) electrons. The van der Waals surface area contributed by atoms with Crippen molar-refractivity contribution in [1.29, 1.82) is 0 Å². The molecule has 3 heterocycles. The lowest BCUT2D eigenvalue weighted by molar-refractivity contribution is -0.0819. The van der Waals surface area contributed by atoms with Crippen LogP contribution >= 0.6 is 11.6 Å². The molecule has 1 aliphatic rings. The predicted molar refractivity (Wildman–Crippen MR) is 96.8 cm³/mol. The van der Waals surface area contributed by atoms with Crippen molar-refractivity contribution < 1.29 is 9.47 Å². The van der Waals surface area contributed by atoms with E-state index in [9.17, 15) is 0 Å². The summed E-state index contributed by atoms with van der Waals surface area (Å²) in [6.45, 7) is 2.47. The van der Waals surface area contributed by atoms with Crippen LogP contribution in [0, 0.1) is 0 Å². The molecule has 6 nitrogen and oxygen atoms in total. The van der Waals surface area contributed by atoms with Crippen molar-refractivity contribution >= 4 is 28.2 Å². The van der Waals surface area contributed by atoms with Crippen molar-refractivity contribution in [3.63, 3.8) is 0 Å². The van der Waals surface area contributed by atoms with Crippen LogP contribution in [0.2, 0.25) is 5.02 Å². The fourth-order valence-corrected chi connectivity index (χ4v) is 2.94. The highest BCUT2D eigenvalue weighted by atomic mass is 35.5. The van der Waals surface area contributed by atoms with Gasteiger partial charge in [-0.1, -0.05) is 23.7 Å². The van der Waals surface area contributed by atoms with E-state index in [-0.39, 0.29) is 6.10 Å². The van der Waals surface area contributed by atoms with Crippen LogP contribution in [0.3, 0.4) is 0 Å². The predicted octanol–water partition coefficient (Wildman–Crippen LogP) is 3.17. The van der Waals surface area contributed by atoms with E-state index in [1.807, 2.05) is 30.3 Å². The molecule has 3 aromatic rings. The van der Waals surface area contributed by atoms with Gasteiger partial charge in [0.25, 0.3) is 0 Å². The molecule has 1 saturated heterocycles. The summed E-state index contributed by atoms with van der Waals surface area (Å²) in [5, 5.41) is 14.7. The zero-order valence-corrected chi connectivity index (χ0v) is 14.2. The number of nitrogens with zero attached hydrogens (tertiary/aromatic N) is 3. The Labute approximate surface area is 150 Å². The Balaban J connectivity index is 1.65. The molecule has 1 fully saturated rings. The van der Waals surface area contributed by atoms with Gasteiger partial charge in [-0.15, -0.1) is 10.2 Å². The third kappa shape index (κ3) is 3.56. The molecule has 1 aliphatic heterocycles. The molecular weight excluding hydrogens is 340 g/mol. The molecule has 0 bridgehead atoms. The first kappa shape index (κ1) is 16.2. The van der Waals surface area contributed by atoms with Gasteiger partial charge < -0.3 is 14.8 Å². The molecular formula is C18H17ClN4O2. The Kier molecular flexibility index (Phi) is 4.74. The van der Waals surface area contributed by atoms with E-state index in [1.165, 1.54) is 0 Å². The number of ether oxygens (including phenoxy) is 2. The van der Waals surface area contributed by atoms with Gasteiger partial charge >= 0.3 is 0 Å². The zero-order chi connectivity index (χ0) is 17.1. The highest BCUT2D eigenvalue weighted by Gasteiger charge is 2.16. The number of pyridine rings is 1. The van der Waals surface area contributed by atoms with Gasteiger partial charge in [-0.25, -0.2) is 0 Å². The third-order valence-electron chi connectivity index (χ3n) is 4.08. The van der Waals surface area contributed by atoms with Crippen molar-refractivity contribution in [3.05, 3.63) is 47.7 Å². The molecule has 2 aromatic heterocycles. The van der Waals surface area contributed by atoms with E-state index < -0.39 is 0 Å². The van der Waals surface area contributed by atoms with Gasteiger partial charge in [0.1, 0.15) is 5.69 Å². The standard InChI is InChI=1S/C18H17ClN4O2/c19-13-3-1-12(2-4-13)17-15-5-6-20-10-16(15)18(23-22-17)21-9-14-11-24-7-8-25-14/h1-6,10,14H,7-9,11H2,(H,21,23)/t14-/m0/s1. The minimum absolute atomic E-state index is 0.0122. The topological polar surface area (TPSA) is 69.2 Å². The molecule has 128 valence electrons. The van der Waals surface area contributed by atoms with E-state index in [1.54, 1.807) is 12.4 Å². The van der Waals surface area contributed by atoms with E-state index in [0.717, 1.165) is 22.0 Å². The van der Waals surface area contributed by atoms with Gasteiger partial charge in [0.15, 0.2) is 5.82 Å². The number of aromatic nitrogens is 3. The SMILES string of the molecule is Clc1ccc(-c2nnc(NC[C@H]3COCCO3)c3cnccc23)cc1. The number of fused-ring (bicyclic) bond motifs is 1. The number of nitrogens with one attached hydrogen (secondary N) is 1.